The standard InChI is InChI=1S/C19H25F2N5O/c1-24(2)7-4-9-25-10-6-22-18(25)14-5-3-8-26(13-14)19(27)17-16(21)11-15(20)12-23-17/h6,10-12,14H,3-5,7-9,13H2,1-2H3. The molecule has 2 aromatic rings. The summed E-state index contributed by atoms with van der Waals surface area (Å²) in [5.41, 5.74) is -0.327. The molecule has 1 amide bonds. The lowest BCUT2D eigenvalue weighted by Gasteiger charge is -2.32. The first-order valence-electron chi connectivity index (χ1n) is 9.21. The van der Waals surface area contributed by atoms with Crippen LogP contribution in [0.5, 0.6) is 0 Å². The van der Waals surface area contributed by atoms with Crippen molar-refractivity contribution in [3.63, 3.8) is 0 Å². The van der Waals surface area contributed by atoms with Crippen molar-refractivity contribution in [1.82, 2.24) is 24.3 Å². The van der Waals surface area contributed by atoms with Crippen molar-refractivity contribution in [2.24, 2.45) is 0 Å². The number of amides is 1. The number of carbonyl (C=O) groups is 1. The van der Waals surface area contributed by atoms with Crippen LogP contribution in [0.2, 0.25) is 0 Å². The third kappa shape index (κ3) is 4.68. The molecule has 0 N–H and O–H groups in total. The molecule has 0 spiro atoms. The van der Waals surface area contributed by atoms with Gasteiger partial charge in [-0.25, -0.2) is 18.7 Å². The van der Waals surface area contributed by atoms with Crippen molar-refractivity contribution >= 4 is 5.91 Å². The van der Waals surface area contributed by atoms with Crippen molar-refractivity contribution in [1.29, 1.82) is 0 Å². The van der Waals surface area contributed by atoms with Crippen LogP contribution in [-0.2, 0) is 6.54 Å². The van der Waals surface area contributed by atoms with Gasteiger partial charge in [0.05, 0.1) is 6.20 Å². The van der Waals surface area contributed by atoms with E-state index in [2.05, 4.69) is 19.4 Å². The van der Waals surface area contributed by atoms with Gasteiger partial charge in [0.15, 0.2) is 11.5 Å². The average molecular weight is 377 g/mol. The Balaban J connectivity index is 1.69. The van der Waals surface area contributed by atoms with Crippen molar-refractivity contribution in [2.45, 2.75) is 31.7 Å². The second kappa shape index (κ2) is 8.56. The largest absolute Gasteiger partial charge is 0.336 e. The summed E-state index contributed by atoms with van der Waals surface area (Å²) in [5.74, 6) is -1.16. The van der Waals surface area contributed by atoms with E-state index in [1.165, 1.54) is 0 Å². The summed E-state index contributed by atoms with van der Waals surface area (Å²) in [6.07, 6.45) is 7.36. The quantitative estimate of drug-likeness (QED) is 0.776. The fourth-order valence-corrected chi connectivity index (χ4v) is 3.52. The molecule has 1 aliphatic heterocycles. The van der Waals surface area contributed by atoms with E-state index in [0.717, 1.165) is 44.4 Å². The van der Waals surface area contributed by atoms with Gasteiger partial charge in [0.25, 0.3) is 5.91 Å². The van der Waals surface area contributed by atoms with E-state index in [0.29, 0.717) is 19.2 Å². The molecule has 1 aliphatic rings. The van der Waals surface area contributed by atoms with Crippen LogP contribution < -0.4 is 0 Å². The molecule has 3 rings (SSSR count). The van der Waals surface area contributed by atoms with Crippen LogP contribution in [0.1, 0.15) is 41.5 Å². The molecule has 0 bridgehead atoms. The van der Waals surface area contributed by atoms with Gasteiger partial charge in [0, 0.05) is 44.0 Å². The van der Waals surface area contributed by atoms with Gasteiger partial charge in [-0.2, -0.15) is 0 Å². The Kier molecular flexibility index (Phi) is 6.15. The van der Waals surface area contributed by atoms with Crippen molar-refractivity contribution in [3.8, 4) is 0 Å². The van der Waals surface area contributed by atoms with Crippen LogP contribution in [0.3, 0.4) is 0 Å². The zero-order valence-corrected chi connectivity index (χ0v) is 15.7. The third-order valence-corrected chi connectivity index (χ3v) is 4.84. The Morgan fingerprint density at radius 3 is 2.89 bits per heavy atom. The number of aryl methyl sites for hydroxylation is 1. The van der Waals surface area contributed by atoms with E-state index in [4.69, 9.17) is 0 Å². The summed E-state index contributed by atoms with van der Waals surface area (Å²) in [7, 11) is 4.09. The van der Waals surface area contributed by atoms with Crippen molar-refractivity contribution in [2.75, 3.05) is 33.7 Å². The van der Waals surface area contributed by atoms with Gasteiger partial charge in [-0.3, -0.25) is 4.79 Å². The number of likely N-dealkylation sites (tertiary alicyclic amines) is 1. The van der Waals surface area contributed by atoms with Crippen LogP contribution in [-0.4, -0.2) is 64.0 Å². The van der Waals surface area contributed by atoms with Gasteiger partial charge in [-0.1, -0.05) is 0 Å². The SMILES string of the molecule is CN(C)CCCn1ccnc1C1CCCN(C(=O)c2ncc(F)cc2F)C1. The highest BCUT2D eigenvalue weighted by atomic mass is 19.1. The van der Waals surface area contributed by atoms with E-state index >= 15 is 0 Å². The lowest BCUT2D eigenvalue weighted by Crippen LogP contribution is -2.40. The summed E-state index contributed by atoms with van der Waals surface area (Å²) in [6, 6.07) is 0.694. The third-order valence-electron chi connectivity index (χ3n) is 4.84. The average Bonchev–Trinajstić information content (AvgIpc) is 3.09. The van der Waals surface area contributed by atoms with E-state index in [-0.39, 0.29) is 11.6 Å². The summed E-state index contributed by atoms with van der Waals surface area (Å²) < 4.78 is 29.1. The predicted molar refractivity (Wildman–Crippen MR) is 97.4 cm³/mol. The monoisotopic (exact) mass is 377 g/mol. The number of rotatable bonds is 6. The van der Waals surface area contributed by atoms with Crippen molar-refractivity contribution in [3.05, 3.63) is 47.8 Å². The molecule has 27 heavy (non-hydrogen) atoms. The number of nitrogens with zero attached hydrogens (tertiary/aromatic N) is 5. The molecule has 0 aromatic carbocycles. The summed E-state index contributed by atoms with van der Waals surface area (Å²) in [4.78, 5) is 24.5. The van der Waals surface area contributed by atoms with Gasteiger partial charge in [-0.05, 0) is 39.9 Å². The molecule has 1 saturated heterocycles. The van der Waals surface area contributed by atoms with E-state index in [9.17, 15) is 13.6 Å². The number of halogens is 2. The Labute approximate surface area is 157 Å². The number of aromatic nitrogens is 3. The molecular formula is C19H25F2N5O. The minimum Gasteiger partial charge on any atom is -0.336 e. The molecule has 146 valence electrons. The Hall–Kier alpha value is -2.35. The van der Waals surface area contributed by atoms with E-state index < -0.39 is 17.5 Å². The van der Waals surface area contributed by atoms with Gasteiger partial charge in [0.1, 0.15) is 11.6 Å². The molecule has 1 fully saturated rings. The number of imidazole rings is 1. The molecule has 2 aromatic heterocycles. The number of hydrogen-bond acceptors (Lipinski definition) is 4. The topological polar surface area (TPSA) is 54.3 Å². The molecule has 6 nitrogen and oxygen atoms in total. The van der Waals surface area contributed by atoms with Gasteiger partial charge < -0.3 is 14.4 Å². The minimum atomic E-state index is -0.924. The van der Waals surface area contributed by atoms with Crippen LogP contribution in [0.4, 0.5) is 8.78 Å². The maximum Gasteiger partial charge on any atom is 0.275 e. The smallest absolute Gasteiger partial charge is 0.275 e. The van der Waals surface area contributed by atoms with Crippen LogP contribution in [0, 0.1) is 11.6 Å². The maximum atomic E-state index is 13.9. The van der Waals surface area contributed by atoms with E-state index in [1.807, 2.05) is 20.3 Å². The molecule has 3 heterocycles. The number of hydrogen-bond donors (Lipinski definition) is 0. The zero-order valence-electron chi connectivity index (χ0n) is 15.7. The fourth-order valence-electron chi connectivity index (χ4n) is 3.52. The van der Waals surface area contributed by atoms with Crippen molar-refractivity contribution < 1.29 is 13.6 Å². The summed E-state index contributed by atoms with van der Waals surface area (Å²) >= 11 is 0. The Morgan fingerprint density at radius 2 is 2.15 bits per heavy atom. The second-order valence-corrected chi connectivity index (χ2v) is 7.21. The first kappa shape index (κ1) is 19.4. The second-order valence-electron chi connectivity index (χ2n) is 7.21. The highest BCUT2D eigenvalue weighted by Gasteiger charge is 2.29. The number of pyridine rings is 1. The molecular weight excluding hydrogens is 352 g/mol. The first-order chi connectivity index (χ1) is 13.0. The lowest BCUT2D eigenvalue weighted by atomic mass is 9.96. The molecule has 1 unspecified atom stereocenters. The van der Waals surface area contributed by atoms with Gasteiger partial charge >= 0.3 is 0 Å². The molecule has 0 radical (unpaired) electrons. The van der Waals surface area contributed by atoms with Crippen LogP contribution >= 0.6 is 0 Å². The predicted octanol–water partition coefficient (Wildman–Crippen LogP) is 2.53. The summed E-state index contributed by atoms with van der Waals surface area (Å²) in [6.45, 7) is 2.85. The zero-order chi connectivity index (χ0) is 19.4. The lowest BCUT2D eigenvalue weighted by molar-refractivity contribution is 0.0691. The van der Waals surface area contributed by atoms with Crippen LogP contribution in [0.25, 0.3) is 0 Å². The Bertz CT molecular complexity index is 792. The number of piperidine rings is 1. The Morgan fingerprint density at radius 1 is 1.33 bits per heavy atom. The number of carbonyl (C=O) groups excluding carboxylic acids is 1. The minimum absolute atomic E-state index is 0.0977. The highest BCUT2D eigenvalue weighted by Crippen LogP contribution is 2.27. The maximum absolute atomic E-state index is 13.9. The summed E-state index contributed by atoms with van der Waals surface area (Å²) in [5, 5.41) is 0. The first-order valence-corrected chi connectivity index (χ1v) is 9.21. The molecule has 8 heteroatoms. The van der Waals surface area contributed by atoms with Gasteiger partial charge in [0.2, 0.25) is 0 Å². The molecule has 0 saturated carbocycles. The van der Waals surface area contributed by atoms with Gasteiger partial charge in [-0.15, -0.1) is 0 Å². The fraction of sp³-hybridized carbons (Fsp3) is 0.526. The normalized spacial score (nSPS) is 17.5. The molecule has 0 aliphatic carbocycles. The highest BCUT2D eigenvalue weighted by molar-refractivity contribution is 5.92. The van der Waals surface area contributed by atoms with E-state index in [1.54, 1.807) is 11.1 Å². The molecule has 1 atom stereocenters. The van der Waals surface area contributed by atoms with Crippen LogP contribution in [0.15, 0.2) is 24.7 Å².